The molecule has 1 fully saturated rings. The third kappa shape index (κ3) is 4.04. The zero-order chi connectivity index (χ0) is 22.9. The van der Waals surface area contributed by atoms with E-state index in [1.807, 2.05) is 13.0 Å². The Labute approximate surface area is 191 Å². The summed E-state index contributed by atoms with van der Waals surface area (Å²) in [5, 5.41) is 4.47. The summed E-state index contributed by atoms with van der Waals surface area (Å²) in [6, 6.07) is 12.1. The van der Waals surface area contributed by atoms with E-state index in [2.05, 4.69) is 10.1 Å². The van der Waals surface area contributed by atoms with E-state index in [9.17, 15) is 13.2 Å². The van der Waals surface area contributed by atoms with Crippen molar-refractivity contribution in [3.05, 3.63) is 64.5 Å². The number of carbonyl (C=O) groups excluding carboxylic acids is 1. The molecule has 0 radical (unpaired) electrons. The maximum Gasteiger partial charge on any atom is 0.328 e. The lowest BCUT2D eigenvalue weighted by Gasteiger charge is -2.27. The minimum atomic E-state index is -3.95. The number of hydrogen-bond acceptors (Lipinski definition) is 7. The van der Waals surface area contributed by atoms with Gasteiger partial charge in [-0.25, -0.2) is 8.42 Å². The normalized spacial score (nSPS) is 15.6. The highest BCUT2D eigenvalue weighted by Gasteiger charge is 2.54. The number of esters is 1. The molecule has 3 aromatic rings. The van der Waals surface area contributed by atoms with Crippen LogP contribution < -0.4 is 0 Å². The summed E-state index contributed by atoms with van der Waals surface area (Å²) in [6.45, 7) is 3.26. The molecule has 168 valence electrons. The molecule has 0 spiro atoms. The predicted molar refractivity (Wildman–Crippen MR) is 119 cm³/mol. The van der Waals surface area contributed by atoms with Crippen LogP contribution in [0.15, 0.2) is 51.9 Å². The lowest BCUT2D eigenvalue weighted by molar-refractivity contribution is -0.148. The van der Waals surface area contributed by atoms with Gasteiger partial charge >= 0.3 is 5.97 Å². The van der Waals surface area contributed by atoms with Crippen LogP contribution in [0.3, 0.4) is 0 Å². The van der Waals surface area contributed by atoms with E-state index in [1.54, 1.807) is 43.3 Å². The molecular weight excluding hydrogens is 452 g/mol. The van der Waals surface area contributed by atoms with E-state index in [0.29, 0.717) is 34.8 Å². The van der Waals surface area contributed by atoms with Crippen LogP contribution in [0.5, 0.6) is 0 Å². The quantitative estimate of drug-likeness (QED) is 0.471. The molecule has 2 aromatic carbocycles. The third-order valence-corrected chi connectivity index (χ3v) is 8.70. The Morgan fingerprint density at radius 3 is 2.50 bits per heavy atom. The minimum Gasteiger partial charge on any atom is -0.454 e. The van der Waals surface area contributed by atoms with E-state index in [0.717, 1.165) is 5.56 Å². The summed E-state index contributed by atoms with van der Waals surface area (Å²) in [5.74, 6) is -0.367. The molecule has 1 heterocycles. The van der Waals surface area contributed by atoms with Crippen molar-refractivity contribution in [2.75, 3.05) is 0 Å². The molecule has 0 unspecified atom stereocenters. The lowest BCUT2D eigenvalue weighted by Crippen LogP contribution is -2.45. The molecule has 1 aromatic heterocycles. The lowest BCUT2D eigenvalue weighted by atomic mass is 10.1. The summed E-state index contributed by atoms with van der Waals surface area (Å²) in [7, 11) is -3.95. The van der Waals surface area contributed by atoms with Gasteiger partial charge in [0, 0.05) is 10.6 Å². The fourth-order valence-electron chi connectivity index (χ4n) is 4.02. The molecule has 1 aliphatic carbocycles. The highest BCUT2D eigenvalue weighted by Crippen LogP contribution is 2.42. The van der Waals surface area contributed by atoms with Gasteiger partial charge in [-0.2, -0.15) is 4.98 Å². The molecule has 1 saturated carbocycles. The highest BCUT2D eigenvalue weighted by atomic mass is 35.5. The van der Waals surface area contributed by atoms with Crippen LogP contribution in [-0.2, 0) is 26.0 Å². The largest absolute Gasteiger partial charge is 0.454 e. The van der Waals surface area contributed by atoms with Crippen molar-refractivity contribution in [3.8, 4) is 11.4 Å². The first-order chi connectivity index (χ1) is 15.2. The van der Waals surface area contributed by atoms with Crippen molar-refractivity contribution in [3.63, 3.8) is 0 Å². The zero-order valence-electron chi connectivity index (χ0n) is 17.8. The van der Waals surface area contributed by atoms with E-state index in [-0.39, 0.29) is 30.2 Å². The number of carbonyl (C=O) groups is 1. The van der Waals surface area contributed by atoms with Crippen LogP contribution in [0, 0.1) is 13.8 Å². The van der Waals surface area contributed by atoms with Crippen LogP contribution in [0.4, 0.5) is 0 Å². The van der Waals surface area contributed by atoms with E-state index < -0.39 is 20.6 Å². The van der Waals surface area contributed by atoms with Crippen LogP contribution >= 0.6 is 11.6 Å². The molecule has 0 bridgehead atoms. The molecule has 9 heteroatoms. The SMILES string of the molecule is Cc1ccc(C)c(S(=O)(=O)C2(C(=O)OCc3nc(-c4ccc(Cl)cc4)no3)CCCC2)c1. The van der Waals surface area contributed by atoms with Gasteiger partial charge < -0.3 is 9.26 Å². The number of rotatable bonds is 6. The number of sulfone groups is 1. The Morgan fingerprint density at radius 2 is 1.81 bits per heavy atom. The Balaban J connectivity index is 1.56. The monoisotopic (exact) mass is 474 g/mol. The van der Waals surface area contributed by atoms with Gasteiger partial charge in [0.2, 0.25) is 5.82 Å². The molecule has 0 amide bonds. The van der Waals surface area contributed by atoms with E-state index in [4.69, 9.17) is 20.9 Å². The van der Waals surface area contributed by atoms with Gasteiger partial charge in [0.05, 0.1) is 4.90 Å². The Bertz CT molecular complexity index is 1250. The van der Waals surface area contributed by atoms with Gasteiger partial charge in [0.1, 0.15) is 0 Å². The maximum absolute atomic E-state index is 13.6. The van der Waals surface area contributed by atoms with Gasteiger partial charge in [-0.15, -0.1) is 0 Å². The minimum absolute atomic E-state index is 0.0839. The second-order valence-electron chi connectivity index (χ2n) is 8.07. The summed E-state index contributed by atoms with van der Waals surface area (Å²) < 4.78 is 36.3. The number of halogens is 1. The summed E-state index contributed by atoms with van der Waals surface area (Å²) in [5.41, 5.74) is 2.12. The standard InChI is InChI=1S/C23H23ClN2O5S/c1-15-5-6-16(2)19(13-15)32(28,29)23(11-3-4-12-23)22(27)30-14-20-25-21(26-31-20)17-7-9-18(24)10-8-17/h5-10,13H,3-4,11-12,14H2,1-2H3. The van der Waals surface area contributed by atoms with Crippen molar-refractivity contribution in [1.29, 1.82) is 0 Å². The second-order valence-corrected chi connectivity index (χ2v) is 10.7. The Hall–Kier alpha value is -2.71. The summed E-state index contributed by atoms with van der Waals surface area (Å²) >= 11 is 5.89. The van der Waals surface area contributed by atoms with E-state index >= 15 is 0 Å². The van der Waals surface area contributed by atoms with Crippen molar-refractivity contribution in [1.82, 2.24) is 10.1 Å². The summed E-state index contributed by atoms with van der Waals surface area (Å²) in [4.78, 5) is 17.6. The number of hydrogen-bond donors (Lipinski definition) is 0. The maximum atomic E-state index is 13.6. The van der Waals surface area contributed by atoms with Crippen molar-refractivity contribution in [2.24, 2.45) is 0 Å². The fourth-order valence-corrected chi connectivity index (χ4v) is 6.51. The number of aryl methyl sites for hydroxylation is 2. The van der Waals surface area contributed by atoms with E-state index in [1.165, 1.54) is 0 Å². The highest BCUT2D eigenvalue weighted by molar-refractivity contribution is 7.93. The first-order valence-corrected chi connectivity index (χ1v) is 12.2. The molecule has 0 saturated heterocycles. The van der Waals surface area contributed by atoms with Crippen molar-refractivity contribution < 1.29 is 22.5 Å². The average Bonchev–Trinajstić information content (AvgIpc) is 3.45. The summed E-state index contributed by atoms with van der Waals surface area (Å²) in [6.07, 6.45) is 1.73. The first kappa shape index (κ1) is 22.5. The van der Waals surface area contributed by atoms with Gasteiger partial charge in [0.25, 0.3) is 5.89 Å². The van der Waals surface area contributed by atoms with Crippen molar-refractivity contribution >= 4 is 27.4 Å². The smallest absolute Gasteiger partial charge is 0.328 e. The van der Waals surface area contributed by atoms with Gasteiger partial charge in [-0.3, -0.25) is 4.79 Å². The Kier molecular flexibility index (Phi) is 6.09. The van der Waals surface area contributed by atoms with Gasteiger partial charge in [-0.1, -0.05) is 41.7 Å². The third-order valence-electron chi connectivity index (χ3n) is 5.83. The second kappa shape index (κ2) is 8.67. The molecule has 0 atom stereocenters. The number of ether oxygens (including phenoxy) is 1. The molecule has 7 nitrogen and oxygen atoms in total. The molecule has 32 heavy (non-hydrogen) atoms. The predicted octanol–water partition coefficient (Wildman–Crippen LogP) is 4.84. The number of aromatic nitrogens is 2. The van der Waals surface area contributed by atoms with Gasteiger partial charge in [-0.05, 0) is 68.1 Å². The molecule has 4 rings (SSSR count). The molecule has 0 aliphatic heterocycles. The molecule has 1 aliphatic rings. The van der Waals surface area contributed by atoms with Crippen LogP contribution in [-0.4, -0.2) is 29.3 Å². The van der Waals surface area contributed by atoms with Gasteiger partial charge in [0.15, 0.2) is 21.2 Å². The zero-order valence-corrected chi connectivity index (χ0v) is 19.4. The topological polar surface area (TPSA) is 99.4 Å². The number of nitrogens with zero attached hydrogens (tertiary/aromatic N) is 2. The molecular formula is C23H23ClN2O5S. The van der Waals surface area contributed by atoms with Crippen molar-refractivity contribution in [2.45, 2.75) is 55.8 Å². The first-order valence-electron chi connectivity index (χ1n) is 10.3. The molecule has 0 N–H and O–H groups in total. The fraction of sp³-hybridized carbons (Fsp3) is 0.348. The Morgan fingerprint density at radius 1 is 1.12 bits per heavy atom. The number of benzene rings is 2. The van der Waals surface area contributed by atoms with Crippen LogP contribution in [0.25, 0.3) is 11.4 Å². The van der Waals surface area contributed by atoms with Crippen LogP contribution in [0.1, 0.15) is 42.7 Å². The van der Waals surface area contributed by atoms with Crippen LogP contribution in [0.2, 0.25) is 5.02 Å². The average molecular weight is 475 g/mol.